The minimum Gasteiger partial charge on any atom is -0.310 e. The van der Waals surface area contributed by atoms with E-state index in [-0.39, 0.29) is 0 Å². The van der Waals surface area contributed by atoms with Crippen LogP contribution in [0.2, 0.25) is 0 Å². The fourth-order valence-corrected chi connectivity index (χ4v) is 8.44. The molecule has 0 saturated heterocycles. The second kappa shape index (κ2) is 13.4. The van der Waals surface area contributed by atoms with Crippen LogP contribution in [0.4, 0.5) is 11.4 Å². The third kappa shape index (κ3) is 5.09. The Labute approximate surface area is 307 Å². The molecule has 1 heteroatoms. The zero-order valence-electron chi connectivity index (χ0n) is 29.3. The topological polar surface area (TPSA) is 3.24 Å². The van der Waals surface area contributed by atoms with E-state index < -0.39 is 5.41 Å². The molecule has 0 amide bonds. The van der Waals surface area contributed by atoms with Gasteiger partial charge in [0.2, 0.25) is 0 Å². The molecule has 0 fully saturated rings. The van der Waals surface area contributed by atoms with Gasteiger partial charge in [-0.15, -0.1) is 0 Å². The summed E-state index contributed by atoms with van der Waals surface area (Å²) in [5, 5.41) is 0. The lowest BCUT2D eigenvalue weighted by atomic mass is 9.70. The molecule has 52 heavy (non-hydrogen) atoms. The van der Waals surface area contributed by atoms with Crippen molar-refractivity contribution >= 4 is 17.5 Å². The molecule has 0 spiro atoms. The van der Waals surface area contributed by atoms with Crippen molar-refractivity contribution < 1.29 is 0 Å². The van der Waals surface area contributed by atoms with Crippen molar-refractivity contribution in [1.82, 2.24) is 0 Å². The van der Waals surface area contributed by atoms with Gasteiger partial charge >= 0.3 is 0 Å². The Bertz CT molecular complexity index is 2470. The van der Waals surface area contributed by atoms with Crippen molar-refractivity contribution in [3.05, 3.63) is 234 Å². The maximum Gasteiger partial charge on any atom is 0.0726 e. The molecule has 248 valence electrons. The largest absolute Gasteiger partial charge is 0.310 e. The first-order chi connectivity index (χ1) is 25.8. The predicted molar refractivity (Wildman–Crippen MR) is 220 cm³/mol. The lowest BCUT2D eigenvalue weighted by molar-refractivity contribution is 0.792. The monoisotopic (exact) mass is 665 g/mol. The van der Waals surface area contributed by atoms with Crippen molar-refractivity contribution in [3.63, 3.8) is 0 Å². The van der Waals surface area contributed by atoms with Crippen molar-refractivity contribution in [2.45, 2.75) is 18.8 Å². The summed E-state index contributed by atoms with van der Waals surface area (Å²) in [5.74, 6) is 0. The van der Waals surface area contributed by atoms with Crippen LogP contribution in [0.25, 0.3) is 39.5 Å². The van der Waals surface area contributed by atoms with E-state index in [1.165, 1.54) is 66.9 Å². The number of benzene rings is 7. The van der Waals surface area contributed by atoms with Gasteiger partial charge in [0.1, 0.15) is 0 Å². The number of anilines is 2. The molecule has 1 nitrogen and oxygen atoms in total. The second-order valence-electron chi connectivity index (χ2n) is 13.5. The highest BCUT2D eigenvalue weighted by Gasteiger charge is 2.53. The Morgan fingerprint density at radius 3 is 1.94 bits per heavy atom. The van der Waals surface area contributed by atoms with Crippen molar-refractivity contribution in [2.24, 2.45) is 0 Å². The van der Waals surface area contributed by atoms with E-state index in [4.69, 9.17) is 0 Å². The van der Waals surface area contributed by atoms with Gasteiger partial charge in [0.25, 0.3) is 0 Å². The number of allylic oxidation sites excluding steroid dienone is 4. The van der Waals surface area contributed by atoms with Gasteiger partial charge in [-0.05, 0) is 92.4 Å². The van der Waals surface area contributed by atoms with Crippen molar-refractivity contribution in [3.8, 4) is 33.4 Å². The predicted octanol–water partition coefficient (Wildman–Crippen LogP) is 13.4. The molecule has 0 radical (unpaired) electrons. The lowest BCUT2D eigenvalue weighted by Crippen LogP contribution is -2.26. The van der Waals surface area contributed by atoms with Crippen LogP contribution >= 0.6 is 0 Å². The van der Waals surface area contributed by atoms with Gasteiger partial charge in [0, 0.05) is 16.9 Å². The smallest absolute Gasteiger partial charge is 0.0726 e. The number of rotatable bonds is 9. The molecular formula is C51H39N. The fourth-order valence-electron chi connectivity index (χ4n) is 8.44. The highest BCUT2D eigenvalue weighted by Crippen LogP contribution is 2.65. The first-order valence-corrected chi connectivity index (χ1v) is 18.3. The van der Waals surface area contributed by atoms with Crippen LogP contribution in [-0.4, -0.2) is 0 Å². The molecule has 7 aromatic rings. The molecule has 9 rings (SSSR count). The van der Waals surface area contributed by atoms with Gasteiger partial charge in [-0.25, -0.2) is 0 Å². The number of hydrogen-bond acceptors (Lipinski definition) is 1. The lowest BCUT2D eigenvalue weighted by Gasteiger charge is -2.32. The van der Waals surface area contributed by atoms with Gasteiger partial charge in [-0.1, -0.05) is 183 Å². The molecule has 7 aromatic carbocycles. The summed E-state index contributed by atoms with van der Waals surface area (Å²) in [4.78, 5) is 2.46. The van der Waals surface area contributed by atoms with Crippen molar-refractivity contribution in [2.75, 3.05) is 4.90 Å². The average Bonchev–Trinajstić information content (AvgIpc) is 3.70. The van der Waals surface area contributed by atoms with E-state index in [1.54, 1.807) is 0 Å². The highest BCUT2D eigenvalue weighted by molar-refractivity contribution is 6.03. The minimum atomic E-state index is -0.408. The van der Waals surface area contributed by atoms with Crippen LogP contribution in [0.5, 0.6) is 0 Å². The summed E-state index contributed by atoms with van der Waals surface area (Å²) in [6.07, 6.45) is 12.1. The van der Waals surface area contributed by atoms with E-state index in [0.29, 0.717) is 0 Å². The molecule has 0 N–H and O–H groups in total. The molecule has 2 aliphatic rings. The van der Waals surface area contributed by atoms with Crippen molar-refractivity contribution in [1.29, 1.82) is 0 Å². The number of nitrogens with zero attached hydrogens (tertiary/aromatic N) is 1. The van der Waals surface area contributed by atoms with Gasteiger partial charge in [0.05, 0.1) is 11.1 Å². The van der Waals surface area contributed by atoms with Gasteiger partial charge < -0.3 is 4.90 Å². The zero-order chi connectivity index (χ0) is 34.9. The van der Waals surface area contributed by atoms with Crippen LogP contribution in [-0.2, 0) is 5.41 Å². The second-order valence-corrected chi connectivity index (χ2v) is 13.5. The third-order valence-electron chi connectivity index (χ3n) is 10.6. The first kappa shape index (κ1) is 31.5. The molecule has 1 unspecified atom stereocenters. The molecule has 0 bridgehead atoms. The molecule has 0 aromatic heterocycles. The molecule has 0 heterocycles. The maximum absolute atomic E-state index is 2.46. The van der Waals surface area contributed by atoms with Crippen LogP contribution < -0.4 is 4.90 Å². The summed E-state index contributed by atoms with van der Waals surface area (Å²) in [5.41, 5.74) is 17.2. The number of hydrogen-bond donors (Lipinski definition) is 0. The van der Waals surface area contributed by atoms with Crippen LogP contribution in [0.1, 0.15) is 41.2 Å². The fraction of sp³-hybridized carbons (Fsp3) is 0.0588. The molecule has 1 atom stereocenters. The van der Waals surface area contributed by atoms with E-state index in [1.807, 2.05) is 0 Å². The zero-order valence-corrected chi connectivity index (χ0v) is 29.3. The Hall–Kier alpha value is -6.44. The first-order valence-electron chi connectivity index (χ1n) is 18.3. The van der Waals surface area contributed by atoms with E-state index in [9.17, 15) is 0 Å². The third-order valence-corrected chi connectivity index (χ3v) is 10.6. The summed E-state index contributed by atoms with van der Waals surface area (Å²) < 4.78 is 0. The van der Waals surface area contributed by atoms with Crippen LogP contribution in [0, 0.1) is 0 Å². The Balaban J connectivity index is 1.30. The van der Waals surface area contributed by atoms with Crippen LogP contribution in [0.3, 0.4) is 0 Å². The summed E-state index contributed by atoms with van der Waals surface area (Å²) in [6, 6.07) is 64.2. The molecule has 0 saturated carbocycles. The molecular weight excluding hydrogens is 627 g/mol. The Kier molecular flexibility index (Phi) is 8.10. The molecule has 2 aliphatic carbocycles. The highest BCUT2D eigenvalue weighted by atomic mass is 15.1. The standard InChI is InChI=1S/C51H39N/c1-2-3-25-41(26-15-20-37-18-7-4-8-19-37)52(42-35-33-39(34-36-42)38-21-9-5-10-22-38)48-32-17-31-47-49(48)45-29-16-28-44-43-27-13-14-30-46(43)51(47,50(44)45)40-23-11-6-12-24-40/h3-36H,2H2,1H3/b20-15+,25-3-,41-26+. The van der Waals surface area contributed by atoms with Gasteiger partial charge in [0.15, 0.2) is 0 Å². The average molecular weight is 666 g/mol. The maximum atomic E-state index is 2.46. The van der Waals surface area contributed by atoms with Gasteiger partial charge in [-0.2, -0.15) is 0 Å². The Morgan fingerprint density at radius 2 is 1.17 bits per heavy atom. The summed E-state index contributed by atoms with van der Waals surface area (Å²) in [6.45, 7) is 2.20. The normalized spacial score (nSPS) is 15.5. The summed E-state index contributed by atoms with van der Waals surface area (Å²) in [7, 11) is 0. The summed E-state index contributed by atoms with van der Waals surface area (Å²) >= 11 is 0. The SMILES string of the molecule is CC\C=C/C(=C\C=C\c1ccccc1)N(c1ccc(-c2ccccc2)cc1)c1cccc2c1-c1cccc3c1C2(c1ccccc1)c1ccccc1-3. The van der Waals surface area contributed by atoms with Gasteiger partial charge in [-0.3, -0.25) is 0 Å². The van der Waals surface area contributed by atoms with E-state index in [0.717, 1.165) is 17.8 Å². The quantitative estimate of drug-likeness (QED) is 0.139. The minimum absolute atomic E-state index is 0.408. The molecule has 0 aliphatic heterocycles. The van der Waals surface area contributed by atoms with Crippen LogP contribution in [0.15, 0.2) is 206 Å². The Morgan fingerprint density at radius 1 is 0.558 bits per heavy atom. The van der Waals surface area contributed by atoms with E-state index >= 15 is 0 Å². The van der Waals surface area contributed by atoms with E-state index in [2.05, 4.69) is 218 Å². The number of fused-ring (bicyclic) bond motifs is 6.